The zero-order valence-electron chi connectivity index (χ0n) is 13.9. The first-order valence-electron chi connectivity index (χ1n) is 8.03. The van der Waals surface area contributed by atoms with Crippen molar-refractivity contribution in [2.75, 3.05) is 13.7 Å². The van der Waals surface area contributed by atoms with Gasteiger partial charge in [0.1, 0.15) is 5.75 Å². The Morgan fingerprint density at radius 1 is 1.20 bits per heavy atom. The second kappa shape index (κ2) is 7.74. The minimum atomic E-state index is -0.651. The van der Waals surface area contributed by atoms with Crippen molar-refractivity contribution in [3.8, 4) is 5.75 Å². The highest BCUT2D eigenvalue weighted by Crippen LogP contribution is 2.28. The van der Waals surface area contributed by atoms with Gasteiger partial charge in [0, 0.05) is 25.0 Å². The smallest absolute Gasteiger partial charge is 0.359 e. The number of hydrogen-bond acceptors (Lipinski definition) is 6. The van der Waals surface area contributed by atoms with E-state index >= 15 is 0 Å². The van der Waals surface area contributed by atoms with E-state index in [1.54, 1.807) is 12.0 Å². The summed E-state index contributed by atoms with van der Waals surface area (Å²) in [7, 11) is 1.61. The van der Waals surface area contributed by atoms with Gasteiger partial charge in [-0.05, 0) is 30.5 Å². The highest BCUT2D eigenvalue weighted by Gasteiger charge is 2.33. The van der Waals surface area contributed by atoms with E-state index in [2.05, 4.69) is 9.97 Å². The molecular weight excluding hydrogens is 322 g/mol. The molecule has 0 spiro atoms. The van der Waals surface area contributed by atoms with E-state index < -0.39 is 5.97 Å². The highest BCUT2D eigenvalue weighted by atomic mass is 16.5. The summed E-state index contributed by atoms with van der Waals surface area (Å²) in [5.41, 5.74) is 1.09. The highest BCUT2D eigenvalue weighted by molar-refractivity contribution is 5.89. The number of amides is 1. The molecule has 0 saturated heterocycles. The first-order chi connectivity index (χ1) is 12.2. The van der Waals surface area contributed by atoms with Gasteiger partial charge >= 0.3 is 5.97 Å². The van der Waals surface area contributed by atoms with Crippen LogP contribution in [0.2, 0.25) is 0 Å². The van der Waals surface area contributed by atoms with Crippen LogP contribution in [0.3, 0.4) is 0 Å². The number of rotatable bonds is 7. The van der Waals surface area contributed by atoms with Crippen molar-refractivity contribution in [1.29, 1.82) is 0 Å². The summed E-state index contributed by atoms with van der Waals surface area (Å²) in [6, 6.07) is 7.78. The fraction of sp³-hybridized carbons (Fsp3) is 0.333. The summed E-state index contributed by atoms with van der Waals surface area (Å²) in [5, 5.41) is 0. The molecule has 2 aromatic rings. The second-order valence-corrected chi connectivity index (χ2v) is 5.77. The molecule has 1 amide bonds. The Labute approximate surface area is 145 Å². The molecule has 7 nitrogen and oxygen atoms in total. The summed E-state index contributed by atoms with van der Waals surface area (Å²) >= 11 is 0. The molecule has 0 radical (unpaired) electrons. The molecule has 0 unspecified atom stereocenters. The number of esters is 1. The summed E-state index contributed by atoms with van der Waals surface area (Å²) < 4.78 is 10.2. The molecule has 7 heteroatoms. The van der Waals surface area contributed by atoms with Gasteiger partial charge in [-0.15, -0.1) is 0 Å². The Morgan fingerprint density at radius 2 is 1.96 bits per heavy atom. The SMILES string of the molecule is COc1ccc(CN(C(=O)COC(=O)c2cnccn2)C2CC2)cc1. The summed E-state index contributed by atoms with van der Waals surface area (Å²) in [4.78, 5) is 33.8. The molecule has 0 N–H and O–H groups in total. The fourth-order valence-electron chi connectivity index (χ4n) is 2.42. The van der Waals surface area contributed by atoms with Crippen molar-refractivity contribution < 1.29 is 19.1 Å². The third-order valence-electron chi connectivity index (χ3n) is 3.92. The van der Waals surface area contributed by atoms with Gasteiger partial charge in [0.25, 0.3) is 5.91 Å². The second-order valence-electron chi connectivity index (χ2n) is 5.77. The Kier molecular flexibility index (Phi) is 5.23. The Morgan fingerprint density at radius 3 is 2.56 bits per heavy atom. The lowest BCUT2D eigenvalue weighted by atomic mass is 10.2. The molecule has 1 aromatic carbocycles. The van der Waals surface area contributed by atoms with Gasteiger partial charge in [-0.25, -0.2) is 9.78 Å². The topological polar surface area (TPSA) is 81.6 Å². The van der Waals surface area contributed by atoms with Gasteiger partial charge in [-0.1, -0.05) is 12.1 Å². The van der Waals surface area contributed by atoms with Crippen LogP contribution in [0.25, 0.3) is 0 Å². The number of hydrogen-bond donors (Lipinski definition) is 0. The van der Waals surface area contributed by atoms with Crippen molar-refractivity contribution in [2.24, 2.45) is 0 Å². The average molecular weight is 341 g/mol. The van der Waals surface area contributed by atoms with E-state index in [9.17, 15) is 9.59 Å². The molecule has 0 aliphatic heterocycles. The maximum Gasteiger partial charge on any atom is 0.359 e. The summed E-state index contributed by atoms with van der Waals surface area (Å²) in [6.45, 7) is 0.179. The number of benzene rings is 1. The number of methoxy groups -OCH3 is 1. The normalized spacial score (nSPS) is 13.2. The van der Waals surface area contributed by atoms with Crippen LogP contribution in [-0.2, 0) is 16.1 Å². The van der Waals surface area contributed by atoms with Gasteiger partial charge in [0.05, 0.1) is 13.3 Å². The number of carbonyl (C=O) groups is 2. The number of aromatic nitrogens is 2. The minimum Gasteiger partial charge on any atom is -0.497 e. The van der Waals surface area contributed by atoms with Crippen LogP contribution >= 0.6 is 0 Å². The van der Waals surface area contributed by atoms with Crippen LogP contribution < -0.4 is 4.74 Å². The first kappa shape index (κ1) is 16.9. The maximum absolute atomic E-state index is 12.5. The molecule has 1 aromatic heterocycles. The molecule has 0 bridgehead atoms. The minimum absolute atomic E-state index is 0.0865. The van der Waals surface area contributed by atoms with E-state index in [1.807, 2.05) is 24.3 Å². The number of carbonyl (C=O) groups excluding carboxylic acids is 2. The molecule has 130 valence electrons. The third-order valence-corrected chi connectivity index (χ3v) is 3.92. The van der Waals surface area contributed by atoms with Crippen molar-refractivity contribution in [2.45, 2.75) is 25.4 Å². The Balaban J connectivity index is 1.58. The lowest BCUT2D eigenvalue weighted by molar-refractivity contribution is -0.135. The first-order valence-corrected chi connectivity index (χ1v) is 8.03. The van der Waals surface area contributed by atoms with Crippen molar-refractivity contribution in [1.82, 2.24) is 14.9 Å². The standard InChI is InChI=1S/C18H19N3O4/c1-24-15-6-2-13(3-7-15)11-21(14-4-5-14)17(22)12-25-18(23)16-10-19-8-9-20-16/h2-3,6-10,14H,4-5,11-12H2,1H3. The summed E-state index contributed by atoms with van der Waals surface area (Å²) in [5.74, 6) is -0.0943. The van der Waals surface area contributed by atoms with Crippen molar-refractivity contribution >= 4 is 11.9 Å². The van der Waals surface area contributed by atoms with Crippen molar-refractivity contribution in [3.05, 3.63) is 54.1 Å². The Bertz CT molecular complexity index is 730. The molecular formula is C18H19N3O4. The number of ether oxygens (including phenoxy) is 2. The van der Waals surface area contributed by atoms with Gasteiger partial charge in [0.2, 0.25) is 0 Å². The van der Waals surface area contributed by atoms with Gasteiger partial charge in [0.15, 0.2) is 12.3 Å². The monoisotopic (exact) mass is 341 g/mol. The predicted octanol–water partition coefficient (Wildman–Crippen LogP) is 1.83. The molecule has 3 rings (SSSR count). The molecule has 1 fully saturated rings. The van der Waals surface area contributed by atoms with Crippen LogP contribution in [0.1, 0.15) is 28.9 Å². The largest absolute Gasteiger partial charge is 0.497 e. The van der Waals surface area contributed by atoms with Crippen LogP contribution in [0.15, 0.2) is 42.9 Å². The lowest BCUT2D eigenvalue weighted by Gasteiger charge is -2.22. The third kappa shape index (κ3) is 4.53. The van der Waals surface area contributed by atoms with E-state index in [4.69, 9.17) is 9.47 Å². The predicted molar refractivity (Wildman–Crippen MR) is 88.9 cm³/mol. The Hall–Kier alpha value is -2.96. The molecule has 1 saturated carbocycles. The maximum atomic E-state index is 12.5. The van der Waals surface area contributed by atoms with E-state index in [0.29, 0.717) is 6.54 Å². The molecule has 1 aliphatic carbocycles. The van der Waals surface area contributed by atoms with Gasteiger partial charge < -0.3 is 14.4 Å². The quantitative estimate of drug-likeness (QED) is 0.715. The summed E-state index contributed by atoms with van der Waals surface area (Å²) in [6.07, 6.45) is 6.12. The van der Waals surface area contributed by atoms with Crippen molar-refractivity contribution in [3.63, 3.8) is 0 Å². The van der Waals surface area contributed by atoms with E-state index in [1.165, 1.54) is 18.6 Å². The van der Waals surface area contributed by atoms with Crippen LogP contribution in [0.5, 0.6) is 5.75 Å². The molecule has 25 heavy (non-hydrogen) atoms. The zero-order valence-corrected chi connectivity index (χ0v) is 13.9. The fourth-order valence-corrected chi connectivity index (χ4v) is 2.42. The van der Waals surface area contributed by atoms with Gasteiger partial charge in [-0.3, -0.25) is 9.78 Å². The average Bonchev–Trinajstić information content (AvgIpc) is 3.50. The van der Waals surface area contributed by atoms with Crippen LogP contribution in [0, 0.1) is 0 Å². The molecule has 1 aliphatic rings. The number of nitrogens with zero attached hydrogens (tertiary/aromatic N) is 3. The molecule has 1 heterocycles. The molecule has 0 atom stereocenters. The van der Waals surface area contributed by atoms with Crippen LogP contribution in [-0.4, -0.2) is 46.5 Å². The van der Waals surface area contributed by atoms with E-state index in [-0.39, 0.29) is 24.2 Å². The zero-order chi connectivity index (χ0) is 17.6. The van der Waals surface area contributed by atoms with Gasteiger partial charge in [-0.2, -0.15) is 0 Å². The van der Waals surface area contributed by atoms with E-state index in [0.717, 1.165) is 24.2 Å². The lowest BCUT2D eigenvalue weighted by Crippen LogP contribution is -2.36. The van der Waals surface area contributed by atoms with Crippen LogP contribution in [0.4, 0.5) is 0 Å².